The number of ether oxygens (including phenoxy) is 2. The number of likely N-dealkylation sites (N-methyl/N-ethyl adjacent to an activating group) is 1. The molecule has 12 heteroatoms. The van der Waals surface area contributed by atoms with Gasteiger partial charge in [-0.2, -0.15) is 0 Å². The van der Waals surface area contributed by atoms with Crippen molar-refractivity contribution in [2.24, 2.45) is 5.92 Å². The highest BCUT2D eigenvalue weighted by atomic mass is 32.2. The number of aryl methyl sites for hydroxylation is 1. The molecule has 0 spiro atoms. The number of benzene rings is 4. The number of hydrogen-bond donors (Lipinski definition) is 3. The Balaban J connectivity index is 1.40. The fourth-order valence-corrected chi connectivity index (χ4v) is 7.33. The molecule has 52 heavy (non-hydrogen) atoms. The third-order valence-corrected chi connectivity index (χ3v) is 10.9. The summed E-state index contributed by atoms with van der Waals surface area (Å²) in [4.78, 5) is 31.2. The molecule has 5 rings (SSSR count). The second-order valence-electron chi connectivity index (χ2n) is 13.8. The van der Waals surface area contributed by atoms with Crippen LogP contribution in [-0.4, -0.2) is 86.9 Å². The summed E-state index contributed by atoms with van der Waals surface area (Å²) in [7, 11) is -2.23. The average Bonchev–Trinajstić information content (AvgIpc) is 3.12. The van der Waals surface area contributed by atoms with E-state index in [0.29, 0.717) is 24.5 Å². The molecule has 1 aliphatic rings. The van der Waals surface area contributed by atoms with E-state index in [1.165, 1.54) is 18.2 Å². The number of urea groups is 1. The van der Waals surface area contributed by atoms with Gasteiger partial charge in [0.05, 0.1) is 41.0 Å². The molecule has 0 aliphatic carbocycles. The highest BCUT2D eigenvalue weighted by molar-refractivity contribution is 7.92. The maximum absolute atomic E-state index is 14.5. The van der Waals surface area contributed by atoms with Gasteiger partial charge >= 0.3 is 6.03 Å². The van der Waals surface area contributed by atoms with Gasteiger partial charge in [0, 0.05) is 43.7 Å². The summed E-state index contributed by atoms with van der Waals surface area (Å²) >= 11 is 0. The Labute approximate surface area is 307 Å². The SMILES string of the molecule is Cc1ccc(S(=O)(=O)Nc2ccc3c(c2)C(=O)N([C@H](C)CO)C[C@@H](C)[C@H](CN(C)C(=O)Nc2cccc4ccccc24)OCCCC[C@@H](C)O3)cc1. The lowest BCUT2D eigenvalue weighted by Gasteiger charge is -2.35. The van der Waals surface area contributed by atoms with Crippen LogP contribution in [0.4, 0.5) is 16.2 Å². The van der Waals surface area contributed by atoms with Crippen LogP contribution in [0.5, 0.6) is 5.75 Å². The second kappa shape index (κ2) is 17.2. The maximum atomic E-state index is 14.5. The Kier molecular flexibility index (Phi) is 12.8. The topological polar surface area (TPSA) is 138 Å². The Bertz CT molecular complexity index is 1950. The van der Waals surface area contributed by atoms with Crippen molar-refractivity contribution in [2.75, 3.05) is 43.4 Å². The molecule has 3 amide bonds. The number of carbonyl (C=O) groups excluding carboxylic acids is 2. The number of sulfonamides is 1. The molecule has 4 atom stereocenters. The lowest BCUT2D eigenvalue weighted by molar-refractivity contribution is -0.0115. The summed E-state index contributed by atoms with van der Waals surface area (Å²) in [6.45, 7) is 8.13. The van der Waals surface area contributed by atoms with Crippen molar-refractivity contribution in [1.82, 2.24) is 9.80 Å². The second-order valence-corrected chi connectivity index (χ2v) is 15.4. The summed E-state index contributed by atoms with van der Waals surface area (Å²) in [6.07, 6.45) is 1.60. The van der Waals surface area contributed by atoms with Gasteiger partial charge in [-0.3, -0.25) is 9.52 Å². The minimum absolute atomic E-state index is 0.0977. The predicted octanol–water partition coefficient (Wildman–Crippen LogP) is 6.91. The van der Waals surface area contributed by atoms with Crippen LogP contribution in [0.25, 0.3) is 10.8 Å². The number of anilines is 2. The van der Waals surface area contributed by atoms with Gasteiger partial charge in [-0.05, 0) is 81.8 Å². The van der Waals surface area contributed by atoms with Crippen molar-refractivity contribution in [1.29, 1.82) is 0 Å². The summed E-state index contributed by atoms with van der Waals surface area (Å²) in [5.41, 5.74) is 2.01. The van der Waals surface area contributed by atoms with E-state index in [1.54, 1.807) is 48.0 Å². The third-order valence-electron chi connectivity index (χ3n) is 9.47. The molecular formula is C40H50N4O7S. The number of hydrogen-bond acceptors (Lipinski definition) is 7. The van der Waals surface area contributed by atoms with Gasteiger partial charge in [-0.1, -0.05) is 61.0 Å². The molecule has 0 radical (unpaired) electrons. The molecule has 0 aromatic heterocycles. The Morgan fingerprint density at radius 3 is 2.50 bits per heavy atom. The zero-order valence-corrected chi connectivity index (χ0v) is 31.4. The van der Waals surface area contributed by atoms with E-state index in [9.17, 15) is 23.1 Å². The number of nitrogens with zero attached hydrogens (tertiary/aromatic N) is 2. The standard InChI is InChI=1S/C40H50N4O7S/c1-27-16-19-33(20-17-27)52(48,49)42-32-18-21-37-35(23-32)39(46)44(29(3)26-45)24-28(2)38(50-22-9-8-11-30(4)51-37)25-43(5)40(47)41-36-15-10-13-31-12-6-7-14-34(31)36/h6-7,10,12-21,23,28-30,38,42,45H,8-9,11,22,24-26H2,1-5H3,(H,41,47)/t28-,29-,30-,38+/m1/s1. The highest BCUT2D eigenvalue weighted by Crippen LogP contribution is 2.30. The van der Waals surface area contributed by atoms with E-state index in [0.717, 1.165) is 29.2 Å². The predicted molar refractivity (Wildman–Crippen MR) is 204 cm³/mol. The van der Waals surface area contributed by atoms with Gasteiger partial charge in [0.2, 0.25) is 0 Å². The van der Waals surface area contributed by atoms with Crippen molar-refractivity contribution in [2.45, 2.75) is 70.1 Å². The van der Waals surface area contributed by atoms with E-state index < -0.39 is 28.1 Å². The molecule has 11 nitrogen and oxygen atoms in total. The van der Waals surface area contributed by atoms with E-state index in [4.69, 9.17) is 9.47 Å². The Morgan fingerprint density at radius 1 is 1.02 bits per heavy atom. The molecule has 1 aliphatic heterocycles. The molecular weight excluding hydrogens is 681 g/mol. The van der Waals surface area contributed by atoms with Crippen molar-refractivity contribution in [3.8, 4) is 5.75 Å². The quantitative estimate of drug-likeness (QED) is 0.179. The first kappa shape index (κ1) is 38.6. The minimum atomic E-state index is -3.94. The first-order valence-corrected chi connectivity index (χ1v) is 19.3. The van der Waals surface area contributed by atoms with E-state index >= 15 is 0 Å². The van der Waals surface area contributed by atoms with Crippen LogP contribution >= 0.6 is 0 Å². The Morgan fingerprint density at radius 2 is 1.75 bits per heavy atom. The van der Waals surface area contributed by atoms with Crippen LogP contribution in [0.2, 0.25) is 0 Å². The van der Waals surface area contributed by atoms with Crippen molar-refractivity contribution >= 4 is 44.1 Å². The minimum Gasteiger partial charge on any atom is -0.490 e. The summed E-state index contributed by atoms with van der Waals surface area (Å²) in [6, 6.07) is 23.9. The van der Waals surface area contributed by atoms with Gasteiger partial charge in [0.25, 0.3) is 15.9 Å². The number of nitrogens with one attached hydrogen (secondary N) is 2. The van der Waals surface area contributed by atoms with Crippen LogP contribution in [0, 0.1) is 12.8 Å². The van der Waals surface area contributed by atoms with Gasteiger partial charge in [-0.25, -0.2) is 13.2 Å². The van der Waals surface area contributed by atoms with E-state index in [1.807, 2.05) is 63.2 Å². The molecule has 4 aromatic carbocycles. The summed E-state index contributed by atoms with van der Waals surface area (Å²) in [5, 5.41) is 15.3. The fourth-order valence-electron chi connectivity index (χ4n) is 6.28. The molecule has 278 valence electrons. The van der Waals surface area contributed by atoms with Crippen LogP contribution < -0.4 is 14.8 Å². The number of carbonyl (C=O) groups is 2. The zero-order valence-electron chi connectivity index (χ0n) is 30.5. The normalized spacial score (nSPS) is 19.5. The largest absolute Gasteiger partial charge is 0.490 e. The highest BCUT2D eigenvalue weighted by Gasteiger charge is 2.31. The molecule has 0 fully saturated rings. The van der Waals surface area contributed by atoms with E-state index in [-0.39, 0.29) is 53.9 Å². The number of aliphatic hydroxyl groups is 1. The summed E-state index contributed by atoms with van der Waals surface area (Å²) in [5.74, 6) is -0.363. The molecule has 0 bridgehead atoms. The van der Waals surface area contributed by atoms with Gasteiger partial charge < -0.3 is 29.7 Å². The number of rotatable bonds is 8. The van der Waals surface area contributed by atoms with Crippen molar-refractivity contribution in [3.63, 3.8) is 0 Å². The van der Waals surface area contributed by atoms with Crippen LogP contribution in [0.3, 0.4) is 0 Å². The lowest BCUT2D eigenvalue weighted by Crippen LogP contribution is -2.48. The first-order valence-electron chi connectivity index (χ1n) is 17.8. The summed E-state index contributed by atoms with van der Waals surface area (Å²) < 4.78 is 41.9. The van der Waals surface area contributed by atoms with Gasteiger partial charge in [0.1, 0.15) is 5.75 Å². The lowest BCUT2D eigenvalue weighted by atomic mass is 10.0. The van der Waals surface area contributed by atoms with Crippen LogP contribution in [0.1, 0.15) is 56.0 Å². The van der Waals surface area contributed by atoms with Crippen LogP contribution in [0.15, 0.2) is 89.8 Å². The molecule has 4 aromatic rings. The monoisotopic (exact) mass is 730 g/mol. The van der Waals surface area contributed by atoms with Crippen molar-refractivity contribution in [3.05, 3.63) is 96.1 Å². The number of fused-ring (bicyclic) bond motifs is 2. The molecule has 0 saturated carbocycles. The average molecular weight is 731 g/mol. The van der Waals surface area contributed by atoms with Gasteiger partial charge in [-0.15, -0.1) is 0 Å². The molecule has 1 heterocycles. The van der Waals surface area contributed by atoms with Gasteiger partial charge in [0.15, 0.2) is 0 Å². The van der Waals surface area contributed by atoms with Crippen LogP contribution in [-0.2, 0) is 14.8 Å². The molecule has 0 saturated heterocycles. The molecule has 0 unspecified atom stereocenters. The fraction of sp³-hybridized carbons (Fsp3) is 0.400. The molecule has 3 N–H and O–H groups in total. The number of aliphatic hydroxyl groups excluding tert-OH is 1. The number of amides is 3. The Hall–Kier alpha value is -4.65. The van der Waals surface area contributed by atoms with E-state index in [2.05, 4.69) is 10.0 Å². The maximum Gasteiger partial charge on any atom is 0.321 e. The third kappa shape index (κ3) is 9.61. The zero-order chi connectivity index (χ0) is 37.4. The first-order chi connectivity index (χ1) is 24.9. The van der Waals surface area contributed by atoms with Crippen molar-refractivity contribution < 1.29 is 32.6 Å². The smallest absolute Gasteiger partial charge is 0.321 e.